The molecule has 0 aliphatic rings. The van der Waals surface area contributed by atoms with Gasteiger partial charge in [0.2, 0.25) is 0 Å². The summed E-state index contributed by atoms with van der Waals surface area (Å²) in [7, 11) is 0. The number of hydrogen-bond donors (Lipinski definition) is 1. The number of nitrogen functional groups attached to an aromatic ring is 1. The maximum Gasteiger partial charge on any atom is 0.0355 e. The standard InChI is InChI=1S/C16H18BrNS/c1-10(2)12-4-6-13(7-5-12)19-16-8-11(3)15(18)9-14(16)17/h4-10H,18H2,1-3H3. The number of benzene rings is 2. The second-order valence-electron chi connectivity index (χ2n) is 4.97. The summed E-state index contributed by atoms with van der Waals surface area (Å²) in [4.78, 5) is 2.44. The lowest BCUT2D eigenvalue weighted by molar-refractivity contribution is 0.865. The highest BCUT2D eigenvalue weighted by molar-refractivity contribution is 9.10. The molecular formula is C16H18BrNS. The highest BCUT2D eigenvalue weighted by Crippen LogP contribution is 2.36. The molecule has 0 saturated heterocycles. The van der Waals surface area contributed by atoms with E-state index in [4.69, 9.17) is 5.73 Å². The van der Waals surface area contributed by atoms with Crippen LogP contribution in [-0.2, 0) is 0 Å². The molecule has 19 heavy (non-hydrogen) atoms. The molecule has 2 N–H and O–H groups in total. The summed E-state index contributed by atoms with van der Waals surface area (Å²) >= 11 is 5.33. The molecule has 0 atom stereocenters. The van der Waals surface area contributed by atoms with Crippen LogP contribution in [0.5, 0.6) is 0 Å². The molecule has 0 fully saturated rings. The van der Waals surface area contributed by atoms with Crippen LogP contribution in [0.4, 0.5) is 5.69 Å². The molecule has 2 aromatic carbocycles. The van der Waals surface area contributed by atoms with Crippen LogP contribution in [0.1, 0.15) is 30.9 Å². The fourth-order valence-corrected chi connectivity index (χ4v) is 3.32. The lowest BCUT2D eigenvalue weighted by Gasteiger charge is -2.09. The van der Waals surface area contributed by atoms with Crippen LogP contribution in [0.25, 0.3) is 0 Å². The molecule has 100 valence electrons. The molecule has 0 bridgehead atoms. The van der Waals surface area contributed by atoms with Gasteiger partial charge in [0.05, 0.1) is 0 Å². The van der Waals surface area contributed by atoms with Crippen molar-refractivity contribution in [2.24, 2.45) is 0 Å². The Kier molecular flexibility index (Phi) is 4.58. The van der Waals surface area contributed by atoms with Crippen molar-refractivity contribution in [1.82, 2.24) is 0 Å². The smallest absolute Gasteiger partial charge is 0.0355 e. The minimum atomic E-state index is 0.574. The molecular weight excluding hydrogens is 318 g/mol. The number of halogens is 1. The third-order valence-corrected chi connectivity index (χ3v) is 5.08. The van der Waals surface area contributed by atoms with Crippen molar-refractivity contribution in [2.75, 3.05) is 5.73 Å². The molecule has 1 nitrogen and oxygen atoms in total. The van der Waals surface area contributed by atoms with Crippen molar-refractivity contribution >= 4 is 33.4 Å². The summed E-state index contributed by atoms with van der Waals surface area (Å²) in [5.74, 6) is 0.574. The Morgan fingerprint density at radius 1 is 1.11 bits per heavy atom. The summed E-state index contributed by atoms with van der Waals surface area (Å²) in [6.45, 7) is 6.46. The molecule has 0 aliphatic heterocycles. The molecule has 3 heteroatoms. The predicted octanol–water partition coefficient (Wildman–Crippen LogP) is 5.61. The van der Waals surface area contributed by atoms with Gasteiger partial charge in [-0.15, -0.1) is 0 Å². The summed E-state index contributed by atoms with van der Waals surface area (Å²) < 4.78 is 1.05. The van der Waals surface area contributed by atoms with E-state index in [0.717, 1.165) is 15.7 Å². The Labute approximate surface area is 127 Å². The van der Waals surface area contributed by atoms with Crippen molar-refractivity contribution in [3.8, 4) is 0 Å². The van der Waals surface area contributed by atoms with Crippen molar-refractivity contribution < 1.29 is 0 Å². The highest BCUT2D eigenvalue weighted by atomic mass is 79.9. The van der Waals surface area contributed by atoms with Gasteiger partial charge in [-0.05, 0) is 64.2 Å². The van der Waals surface area contributed by atoms with Crippen LogP contribution >= 0.6 is 27.7 Å². The van der Waals surface area contributed by atoms with Crippen molar-refractivity contribution in [3.63, 3.8) is 0 Å². The summed E-state index contributed by atoms with van der Waals surface area (Å²) in [6, 6.07) is 12.9. The van der Waals surface area contributed by atoms with Gasteiger partial charge in [0.15, 0.2) is 0 Å². The Bertz CT molecular complexity index is 576. The molecule has 2 aromatic rings. The summed E-state index contributed by atoms with van der Waals surface area (Å²) in [5.41, 5.74) is 9.21. The lowest BCUT2D eigenvalue weighted by Crippen LogP contribution is -1.90. The van der Waals surface area contributed by atoms with Crippen LogP contribution in [-0.4, -0.2) is 0 Å². The number of rotatable bonds is 3. The molecule has 0 amide bonds. The number of nitrogens with two attached hydrogens (primary N) is 1. The molecule has 0 aliphatic carbocycles. The molecule has 0 aromatic heterocycles. The van der Waals surface area contributed by atoms with Gasteiger partial charge in [-0.2, -0.15) is 0 Å². The molecule has 0 spiro atoms. The first kappa shape index (κ1) is 14.5. The summed E-state index contributed by atoms with van der Waals surface area (Å²) in [6.07, 6.45) is 0. The highest BCUT2D eigenvalue weighted by Gasteiger charge is 2.06. The number of hydrogen-bond acceptors (Lipinski definition) is 2. The van der Waals surface area contributed by atoms with Gasteiger partial charge in [-0.25, -0.2) is 0 Å². The van der Waals surface area contributed by atoms with E-state index in [9.17, 15) is 0 Å². The van der Waals surface area contributed by atoms with Crippen LogP contribution in [0.3, 0.4) is 0 Å². The second kappa shape index (κ2) is 6.02. The monoisotopic (exact) mass is 335 g/mol. The zero-order valence-corrected chi connectivity index (χ0v) is 13.8. The molecule has 0 radical (unpaired) electrons. The van der Waals surface area contributed by atoms with E-state index in [1.807, 2.05) is 13.0 Å². The Morgan fingerprint density at radius 3 is 2.32 bits per heavy atom. The van der Waals surface area contributed by atoms with Gasteiger partial charge in [0.1, 0.15) is 0 Å². The summed E-state index contributed by atoms with van der Waals surface area (Å²) in [5, 5.41) is 0. The normalized spacial score (nSPS) is 11.0. The van der Waals surface area contributed by atoms with E-state index < -0.39 is 0 Å². The maximum atomic E-state index is 5.90. The van der Waals surface area contributed by atoms with E-state index in [-0.39, 0.29) is 0 Å². The molecule has 0 heterocycles. The maximum absolute atomic E-state index is 5.90. The molecule has 0 saturated carbocycles. The van der Waals surface area contributed by atoms with E-state index in [2.05, 4.69) is 60.1 Å². The number of aryl methyl sites for hydroxylation is 1. The first-order valence-electron chi connectivity index (χ1n) is 6.31. The molecule has 2 rings (SSSR count). The SMILES string of the molecule is Cc1cc(Sc2ccc(C(C)C)cc2)c(Br)cc1N. The lowest BCUT2D eigenvalue weighted by atomic mass is 10.0. The van der Waals surface area contributed by atoms with Crippen molar-refractivity contribution in [1.29, 1.82) is 0 Å². The topological polar surface area (TPSA) is 26.0 Å². The van der Waals surface area contributed by atoms with E-state index in [1.165, 1.54) is 15.4 Å². The molecule has 0 unspecified atom stereocenters. The van der Waals surface area contributed by atoms with E-state index in [1.54, 1.807) is 11.8 Å². The number of anilines is 1. The predicted molar refractivity (Wildman–Crippen MR) is 87.9 cm³/mol. The average molecular weight is 336 g/mol. The van der Waals surface area contributed by atoms with Crippen molar-refractivity contribution in [2.45, 2.75) is 36.5 Å². The van der Waals surface area contributed by atoms with Gasteiger partial charge < -0.3 is 5.73 Å². The van der Waals surface area contributed by atoms with E-state index >= 15 is 0 Å². The third-order valence-electron chi connectivity index (χ3n) is 3.10. The zero-order chi connectivity index (χ0) is 14.0. The Balaban J connectivity index is 2.24. The quantitative estimate of drug-likeness (QED) is 0.737. The zero-order valence-electron chi connectivity index (χ0n) is 11.4. The average Bonchev–Trinajstić information content (AvgIpc) is 2.36. The van der Waals surface area contributed by atoms with Gasteiger partial charge in [-0.3, -0.25) is 0 Å². The largest absolute Gasteiger partial charge is 0.398 e. The van der Waals surface area contributed by atoms with Crippen LogP contribution in [0.2, 0.25) is 0 Å². The van der Waals surface area contributed by atoms with Crippen LogP contribution in [0.15, 0.2) is 50.7 Å². The van der Waals surface area contributed by atoms with Crippen molar-refractivity contribution in [3.05, 3.63) is 52.0 Å². The first-order valence-corrected chi connectivity index (χ1v) is 7.91. The second-order valence-corrected chi connectivity index (χ2v) is 6.93. The Hall–Kier alpha value is -0.930. The fourth-order valence-electron chi connectivity index (χ4n) is 1.80. The first-order chi connectivity index (χ1) is 8.97. The van der Waals surface area contributed by atoms with Crippen LogP contribution < -0.4 is 5.73 Å². The van der Waals surface area contributed by atoms with Crippen LogP contribution in [0, 0.1) is 6.92 Å². The third kappa shape index (κ3) is 3.54. The van der Waals surface area contributed by atoms with E-state index in [0.29, 0.717) is 5.92 Å². The van der Waals surface area contributed by atoms with Gasteiger partial charge in [0, 0.05) is 20.0 Å². The Morgan fingerprint density at radius 2 is 1.74 bits per heavy atom. The van der Waals surface area contributed by atoms with Gasteiger partial charge in [-0.1, -0.05) is 37.7 Å². The van der Waals surface area contributed by atoms with Gasteiger partial charge in [0.25, 0.3) is 0 Å². The van der Waals surface area contributed by atoms with Gasteiger partial charge >= 0.3 is 0 Å². The minimum absolute atomic E-state index is 0.574. The minimum Gasteiger partial charge on any atom is -0.398 e. The fraction of sp³-hybridized carbons (Fsp3) is 0.250.